The zero-order chi connectivity index (χ0) is 19.8. The predicted molar refractivity (Wildman–Crippen MR) is 99.7 cm³/mol. The molecule has 0 aliphatic carbocycles. The van der Waals surface area contributed by atoms with Crippen molar-refractivity contribution in [1.29, 1.82) is 0 Å². The van der Waals surface area contributed by atoms with Crippen LogP contribution in [-0.2, 0) is 0 Å². The summed E-state index contributed by atoms with van der Waals surface area (Å²) in [6.45, 7) is 3.75. The largest absolute Gasteiger partial charge is 0.410 e. The molecule has 1 aliphatic heterocycles. The van der Waals surface area contributed by atoms with Gasteiger partial charge in [0.15, 0.2) is 6.04 Å². The summed E-state index contributed by atoms with van der Waals surface area (Å²) in [5.41, 5.74) is 0.833. The number of hydrogen-bond donors (Lipinski definition) is 2. The normalized spacial score (nSPS) is 20.5. The number of fused-ring (bicyclic) bond motifs is 1. The summed E-state index contributed by atoms with van der Waals surface area (Å²) in [4.78, 5) is 12.5. The molecule has 0 fully saturated rings. The topological polar surface area (TPSA) is 59.0 Å². The number of aromatic nitrogens is 2. The third-order valence-electron chi connectivity index (χ3n) is 4.75. The summed E-state index contributed by atoms with van der Waals surface area (Å²) in [7, 11) is 0. The van der Waals surface area contributed by atoms with Gasteiger partial charge >= 0.3 is 6.18 Å². The van der Waals surface area contributed by atoms with Gasteiger partial charge in [-0.2, -0.15) is 18.3 Å². The molecule has 2 aromatic rings. The number of alkyl halides is 3. The van der Waals surface area contributed by atoms with E-state index in [-0.39, 0.29) is 23.8 Å². The van der Waals surface area contributed by atoms with Crippen LogP contribution in [0.3, 0.4) is 0 Å². The smallest absolute Gasteiger partial charge is 0.363 e. The molecule has 3 rings (SSSR count). The average Bonchev–Trinajstić information content (AvgIpc) is 3.04. The van der Waals surface area contributed by atoms with Crippen LogP contribution in [0.25, 0.3) is 0 Å². The Morgan fingerprint density at radius 2 is 2.07 bits per heavy atom. The number of halogens is 4. The molecule has 0 unspecified atom stereocenters. The highest BCUT2D eigenvalue weighted by atomic mass is 79.9. The number of nitrogens with zero attached hydrogens (tertiary/aromatic N) is 2. The highest BCUT2D eigenvalue weighted by Crippen LogP contribution is 2.44. The van der Waals surface area contributed by atoms with Crippen LogP contribution in [0.4, 0.5) is 19.0 Å². The molecule has 2 N–H and O–H groups in total. The molecule has 5 nitrogen and oxygen atoms in total. The lowest BCUT2D eigenvalue weighted by Crippen LogP contribution is -2.37. The number of carbonyl (C=O) groups excluding carboxylic acids is 1. The molecule has 2 heterocycles. The lowest BCUT2D eigenvalue weighted by Gasteiger charge is -2.34. The van der Waals surface area contributed by atoms with Gasteiger partial charge in [0.1, 0.15) is 11.4 Å². The van der Waals surface area contributed by atoms with Gasteiger partial charge < -0.3 is 10.6 Å². The average molecular weight is 445 g/mol. The minimum Gasteiger partial charge on any atom is -0.363 e. The molecule has 0 saturated carbocycles. The first kappa shape index (κ1) is 19.7. The molecule has 1 aromatic carbocycles. The van der Waals surface area contributed by atoms with Crippen molar-refractivity contribution < 1.29 is 18.0 Å². The molecule has 0 spiro atoms. The number of nitrogens with one attached hydrogen (secondary N) is 2. The molecule has 9 heteroatoms. The molecule has 146 valence electrons. The molecule has 1 amide bonds. The van der Waals surface area contributed by atoms with Gasteiger partial charge in [0.05, 0.1) is 12.2 Å². The van der Waals surface area contributed by atoms with Gasteiger partial charge in [-0.15, -0.1) is 0 Å². The van der Waals surface area contributed by atoms with E-state index in [2.05, 4.69) is 31.7 Å². The number of anilines is 1. The van der Waals surface area contributed by atoms with Gasteiger partial charge in [-0.3, -0.25) is 4.79 Å². The molecule has 0 bridgehead atoms. The molecule has 3 atom stereocenters. The van der Waals surface area contributed by atoms with Gasteiger partial charge in [-0.1, -0.05) is 35.0 Å². The first-order valence-corrected chi connectivity index (χ1v) is 9.47. The number of benzene rings is 1. The summed E-state index contributed by atoms with van der Waals surface area (Å²) in [6.07, 6.45) is -2.76. The lowest BCUT2D eigenvalue weighted by molar-refractivity contribution is -0.173. The molecular weight excluding hydrogens is 425 g/mol. The van der Waals surface area contributed by atoms with Crippen LogP contribution < -0.4 is 10.6 Å². The highest BCUT2D eigenvalue weighted by molar-refractivity contribution is 9.10. The van der Waals surface area contributed by atoms with Crippen molar-refractivity contribution in [1.82, 2.24) is 15.1 Å². The minimum atomic E-state index is -4.47. The fourth-order valence-corrected chi connectivity index (χ4v) is 3.31. The van der Waals surface area contributed by atoms with Gasteiger partial charge in [0, 0.05) is 16.9 Å². The Bertz CT molecular complexity index is 819. The fourth-order valence-electron chi connectivity index (χ4n) is 3.05. The minimum absolute atomic E-state index is 0.0858. The van der Waals surface area contributed by atoms with Gasteiger partial charge in [0.25, 0.3) is 5.91 Å². The van der Waals surface area contributed by atoms with Gasteiger partial charge in [0.2, 0.25) is 0 Å². The quantitative estimate of drug-likeness (QED) is 0.709. The van der Waals surface area contributed by atoms with Crippen molar-refractivity contribution in [3.8, 4) is 0 Å². The number of hydrogen-bond acceptors (Lipinski definition) is 3. The van der Waals surface area contributed by atoms with Crippen LogP contribution in [0.2, 0.25) is 0 Å². The second kappa shape index (κ2) is 7.53. The van der Waals surface area contributed by atoms with Crippen molar-refractivity contribution in [3.63, 3.8) is 0 Å². The van der Waals surface area contributed by atoms with Crippen LogP contribution >= 0.6 is 15.9 Å². The van der Waals surface area contributed by atoms with Crippen molar-refractivity contribution >= 4 is 27.7 Å². The van der Waals surface area contributed by atoms with E-state index in [1.165, 1.54) is 6.20 Å². The van der Waals surface area contributed by atoms with Crippen LogP contribution in [-0.4, -0.2) is 27.9 Å². The summed E-state index contributed by atoms with van der Waals surface area (Å²) >= 11 is 3.33. The first-order valence-electron chi connectivity index (χ1n) is 8.67. The summed E-state index contributed by atoms with van der Waals surface area (Å²) in [5, 5.41) is 9.72. The maximum atomic E-state index is 13.7. The van der Waals surface area contributed by atoms with Crippen LogP contribution in [0.1, 0.15) is 54.7 Å². The molecular formula is C18H20BrF3N4O. The Labute approximate surface area is 163 Å². The summed E-state index contributed by atoms with van der Waals surface area (Å²) in [5.74, 6) is -0.340. The standard InChI is InChI=1S/C18H20BrF3N4O/c1-3-10(2)24-17(27)13-9-23-26-15(18(20,21)22)8-14(25-16(13)26)11-4-6-12(19)7-5-11/h4-7,9-10,14-15,25H,3,8H2,1-2H3,(H,24,27)/t10-,14+,15+/m1/s1. The monoisotopic (exact) mass is 444 g/mol. The summed E-state index contributed by atoms with van der Waals surface area (Å²) < 4.78 is 42.7. The second-order valence-corrected chi connectivity index (χ2v) is 7.59. The Balaban J connectivity index is 1.98. The van der Waals surface area contributed by atoms with E-state index in [4.69, 9.17) is 0 Å². The fraction of sp³-hybridized carbons (Fsp3) is 0.444. The summed E-state index contributed by atoms with van der Waals surface area (Å²) in [6, 6.07) is 4.62. The number of amides is 1. The number of carbonyl (C=O) groups is 1. The van der Waals surface area contributed by atoms with E-state index in [1.807, 2.05) is 13.8 Å². The van der Waals surface area contributed by atoms with E-state index in [0.717, 1.165) is 15.6 Å². The second-order valence-electron chi connectivity index (χ2n) is 6.68. The van der Waals surface area contributed by atoms with Crippen molar-refractivity contribution in [2.75, 3.05) is 5.32 Å². The molecule has 1 aromatic heterocycles. The zero-order valence-corrected chi connectivity index (χ0v) is 16.4. The Morgan fingerprint density at radius 3 is 2.67 bits per heavy atom. The van der Waals surface area contributed by atoms with E-state index in [0.29, 0.717) is 5.56 Å². The maximum absolute atomic E-state index is 13.7. The molecule has 1 aliphatic rings. The first-order chi connectivity index (χ1) is 12.7. The van der Waals surface area contributed by atoms with E-state index in [1.54, 1.807) is 24.3 Å². The predicted octanol–water partition coefficient (Wildman–Crippen LogP) is 4.83. The van der Waals surface area contributed by atoms with Crippen molar-refractivity contribution in [3.05, 3.63) is 46.1 Å². The third-order valence-corrected chi connectivity index (χ3v) is 5.27. The maximum Gasteiger partial charge on any atom is 0.410 e. The van der Waals surface area contributed by atoms with Crippen LogP contribution in [0.5, 0.6) is 0 Å². The highest BCUT2D eigenvalue weighted by Gasteiger charge is 2.47. The van der Waals surface area contributed by atoms with Gasteiger partial charge in [-0.05, 0) is 31.0 Å². The van der Waals surface area contributed by atoms with Crippen LogP contribution in [0, 0.1) is 0 Å². The number of rotatable bonds is 4. The lowest BCUT2D eigenvalue weighted by atomic mass is 9.96. The van der Waals surface area contributed by atoms with E-state index in [9.17, 15) is 18.0 Å². The Morgan fingerprint density at radius 1 is 1.41 bits per heavy atom. The van der Waals surface area contributed by atoms with Crippen molar-refractivity contribution in [2.45, 2.75) is 51.0 Å². The zero-order valence-electron chi connectivity index (χ0n) is 14.8. The molecule has 0 radical (unpaired) electrons. The van der Waals surface area contributed by atoms with Gasteiger partial charge in [-0.25, -0.2) is 4.68 Å². The van der Waals surface area contributed by atoms with Crippen molar-refractivity contribution in [2.24, 2.45) is 0 Å². The van der Waals surface area contributed by atoms with E-state index < -0.39 is 24.2 Å². The van der Waals surface area contributed by atoms with E-state index >= 15 is 0 Å². The third kappa shape index (κ3) is 4.12. The Kier molecular flexibility index (Phi) is 5.50. The van der Waals surface area contributed by atoms with Crippen LogP contribution in [0.15, 0.2) is 34.9 Å². The Hall–Kier alpha value is -2.03. The SMILES string of the molecule is CC[C@@H](C)NC(=O)c1cnn2c1N[C@H](c1ccc(Br)cc1)C[C@H]2C(F)(F)F. The molecule has 27 heavy (non-hydrogen) atoms. The molecule has 0 saturated heterocycles.